The third kappa shape index (κ3) is 3.33. The van der Waals surface area contributed by atoms with Crippen molar-refractivity contribution in [3.05, 3.63) is 47.6 Å². The van der Waals surface area contributed by atoms with E-state index in [0.717, 1.165) is 12.8 Å². The van der Waals surface area contributed by atoms with E-state index in [9.17, 15) is 24.9 Å². The van der Waals surface area contributed by atoms with E-state index in [1.807, 2.05) is 39.0 Å². The number of rotatable bonds is 6. The predicted molar refractivity (Wildman–Crippen MR) is 128 cm³/mol. The third-order valence-corrected chi connectivity index (χ3v) is 9.09. The van der Waals surface area contributed by atoms with Gasteiger partial charge in [0.1, 0.15) is 11.2 Å². The van der Waals surface area contributed by atoms with Crippen LogP contribution in [0, 0.1) is 29.1 Å². The summed E-state index contributed by atoms with van der Waals surface area (Å²) in [7, 11) is 0. The van der Waals surface area contributed by atoms with Gasteiger partial charge < -0.3 is 20.1 Å². The standard InChI is InChI=1S/C28H38O6/c1-6-7-8-9-10-11-22(30)34-27-14-18(3)28(33)20(23(27)25(27,4)5)13-19(16-29)15-26(32)21(28)12-17(2)24(26)31/h8-13,18,20-21,23,29,32-33H,6-7,14-16H2,1-5H3/b9-8+,11-10+/t18-,20+,21-,23-,26-,27+,28-/m1/s1. The number of aliphatic hydroxyl groups is 3. The molecule has 0 aromatic carbocycles. The van der Waals surface area contributed by atoms with Gasteiger partial charge in [0, 0.05) is 35.7 Å². The predicted octanol–water partition coefficient (Wildman–Crippen LogP) is 3.42. The minimum absolute atomic E-state index is 0.0147. The summed E-state index contributed by atoms with van der Waals surface area (Å²) in [6.45, 7) is 9.43. The van der Waals surface area contributed by atoms with Gasteiger partial charge in [-0.15, -0.1) is 0 Å². The van der Waals surface area contributed by atoms with Gasteiger partial charge in [-0.1, -0.05) is 64.5 Å². The van der Waals surface area contributed by atoms with Gasteiger partial charge in [0.2, 0.25) is 0 Å². The number of ether oxygens (including phenoxy) is 1. The highest BCUT2D eigenvalue weighted by atomic mass is 16.6. The molecule has 0 radical (unpaired) electrons. The Morgan fingerprint density at radius 3 is 2.59 bits per heavy atom. The van der Waals surface area contributed by atoms with Crippen LogP contribution in [0.5, 0.6) is 0 Å². The third-order valence-electron chi connectivity index (χ3n) is 9.09. The van der Waals surface area contributed by atoms with E-state index in [4.69, 9.17) is 4.74 Å². The number of carbonyl (C=O) groups is 2. The van der Waals surface area contributed by atoms with Crippen LogP contribution in [0.4, 0.5) is 0 Å². The summed E-state index contributed by atoms with van der Waals surface area (Å²) in [5, 5.41) is 33.9. The number of allylic oxidation sites excluding steroid dienone is 3. The molecule has 2 fully saturated rings. The second kappa shape index (κ2) is 8.28. The Kier molecular flexibility index (Phi) is 6.11. The lowest BCUT2D eigenvalue weighted by atomic mass is 9.60. The maximum Gasteiger partial charge on any atom is 0.331 e. The molecule has 6 nitrogen and oxygen atoms in total. The molecule has 186 valence electrons. The molecular weight excluding hydrogens is 432 g/mol. The van der Waals surface area contributed by atoms with Gasteiger partial charge in [0.05, 0.1) is 12.2 Å². The Morgan fingerprint density at radius 2 is 1.94 bits per heavy atom. The lowest BCUT2D eigenvalue weighted by Gasteiger charge is -2.50. The van der Waals surface area contributed by atoms with E-state index >= 15 is 0 Å². The van der Waals surface area contributed by atoms with Crippen LogP contribution in [0.2, 0.25) is 0 Å². The molecule has 0 aromatic heterocycles. The van der Waals surface area contributed by atoms with Gasteiger partial charge in [-0.2, -0.15) is 0 Å². The Hall–Kier alpha value is -2.02. The Labute approximate surface area is 202 Å². The molecule has 2 saturated carbocycles. The van der Waals surface area contributed by atoms with Crippen molar-refractivity contribution in [3.63, 3.8) is 0 Å². The SMILES string of the molecule is CCC/C=C/C=C/C(=O)O[C@@]12C[C@@H](C)[C@@]3(O)[C@@H](C=C(CO)C[C@]4(O)C(=O)C(C)=C[C@@H]34)[C@@H]1C2(C)C. The average molecular weight is 471 g/mol. The van der Waals surface area contributed by atoms with Crippen LogP contribution in [0.1, 0.15) is 60.3 Å². The van der Waals surface area contributed by atoms with Gasteiger partial charge >= 0.3 is 5.97 Å². The molecule has 0 unspecified atom stereocenters. The van der Waals surface area contributed by atoms with E-state index in [1.54, 1.807) is 19.1 Å². The van der Waals surface area contributed by atoms with E-state index in [2.05, 4.69) is 6.92 Å². The van der Waals surface area contributed by atoms with Crippen LogP contribution in [0.3, 0.4) is 0 Å². The number of hydrogen-bond donors (Lipinski definition) is 3. The lowest BCUT2D eigenvalue weighted by molar-refractivity contribution is -0.185. The summed E-state index contributed by atoms with van der Waals surface area (Å²) < 4.78 is 6.12. The van der Waals surface area contributed by atoms with Crippen molar-refractivity contribution in [2.45, 2.75) is 77.1 Å². The molecule has 4 rings (SSSR count). The second-order valence-electron chi connectivity index (χ2n) is 11.3. The molecule has 3 N–H and O–H groups in total. The highest BCUT2D eigenvalue weighted by Gasteiger charge is 2.83. The molecule has 4 aliphatic carbocycles. The molecule has 0 spiro atoms. The molecule has 4 aliphatic rings. The molecule has 6 heteroatoms. The quantitative estimate of drug-likeness (QED) is 0.238. The maximum atomic E-state index is 13.0. The average Bonchev–Trinajstić information content (AvgIpc) is 3.17. The number of Topliss-reactive ketones (excluding diaryl/α,β-unsaturated/α-hetero) is 1. The van der Waals surface area contributed by atoms with Crippen molar-refractivity contribution in [1.82, 2.24) is 0 Å². The van der Waals surface area contributed by atoms with Crippen LogP contribution in [-0.2, 0) is 14.3 Å². The zero-order valence-electron chi connectivity index (χ0n) is 20.9. The first-order valence-electron chi connectivity index (χ1n) is 12.4. The van der Waals surface area contributed by atoms with E-state index < -0.39 is 45.8 Å². The minimum Gasteiger partial charge on any atom is -0.455 e. The number of ketones is 1. The molecule has 0 aromatic rings. The first kappa shape index (κ1) is 25.1. The fourth-order valence-electron chi connectivity index (χ4n) is 7.29. The summed E-state index contributed by atoms with van der Waals surface area (Å²) in [5.74, 6) is -2.65. The molecule has 0 saturated heterocycles. The Morgan fingerprint density at radius 1 is 1.24 bits per heavy atom. The summed E-state index contributed by atoms with van der Waals surface area (Å²) in [6.07, 6.45) is 12.9. The smallest absolute Gasteiger partial charge is 0.331 e. The number of unbranched alkanes of at least 4 members (excludes halogenated alkanes) is 1. The minimum atomic E-state index is -1.78. The highest BCUT2D eigenvalue weighted by molar-refractivity contribution is 6.04. The monoisotopic (exact) mass is 470 g/mol. The zero-order valence-corrected chi connectivity index (χ0v) is 20.9. The van der Waals surface area contributed by atoms with Gasteiger partial charge in [-0.25, -0.2) is 4.79 Å². The van der Waals surface area contributed by atoms with Crippen LogP contribution in [0.15, 0.2) is 47.6 Å². The van der Waals surface area contributed by atoms with Gasteiger partial charge in [0.25, 0.3) is 0 Å². The van der Waals surface area contributed by atoms with E-state index in [0.29, 0.717) is 17.6 Å². The summed E-state index contributed by atoms with van der Waals surface area (Å²) >= 11 is 0. The Bertz CT molecular complexity index is 1000. The topological polar surface area (TPSA) is 104 Å². The largest absolute Gasteiger partial charge is 0.455 e. The van der Waals surface area contributed by atoms with Crippen LogP contribution < -0.4 is 0 Å². The molecule has 0 amide bonds. The van der Waals surface area contributed by atoms with Crippen molar-refractivity contribution in [2.24, 2.45) is 29.1 Å². The molecule has 34 heavy (non-hydrogen) atoms. The van der Waals surface area contributed by atoms with E-state index in [1.165, 1.54) is 6.08 Å². The lowest BCUT2D eigenvalue weighted by Crippen LogP contribution is -2.61. The number of esters is 1. The number of carbonyl (C=O) groups excluding carboxylic acids is 2. The Balaban J connectivity index is 1.71. The van der Waals surface area contributed by atoms with Crippen molar-refractivity contribution in [2.75, 3.05) is 6.61 Å². The van der Waals surface area contributed by atoms with Gasteiger partial charge in [0.15, 0.2) is 5.78 Å². The summed E-state index contributed by atoms with van der Waals surface area (Å²) in [6, 6.07) is 0. The van der Waals surface area contributed by atoms with Gasteiger partial charge in [-0.3, -0.25) is 4.79 Å². The van der Waals surface area contributed by atoms with Crippen LogP contribution in [0.25, 0.3) is 0 Å². The fourth-order valence-corrected chi connectivity index (χ4v) is 7.29. The molecule has 0 bridgehead atoms. The highest BCUT2D eigenvalue weighted by Crippen LogP contribution is 2.76. The van der Waals surface area contributed by atoms with Gasteiger partial charge in [-0.05, 0) is 36.8 Å². The number of hydrogen-bond acceptors (Lipinski definition) is 6. The number of aliphatic hydroxyl groups excluding tert-OH is 1. The zero-order chi connectivity index (χ0) is 25.1. The van der Waals surface area contributed by atoms with E-state index in [-0.39, 0.29) is 24.9 Å². The molecule has 0 heterocycles. The second-order valence-corrected chi connectivity index (χ2v) is 11.3. The maximum absolute atomic E-state index is 13.0. The van der Waals surface area contributed by atoms with Crippen molar-refractivity contribution in [3.8, 4) is 0 Å². The summed E-state index contributed by atoms with van der Waals surface area (Å²) in [5.41, 5.74) is -3.41. The normalized spacial score (nSPS) is 42.5. The molecule has 7 atom stereocenters. The molecule has 0 aliphatic heterocycles. The van der Waals surface area contributed by atoms with Crippen LogP contribution >= 0.6 is 0 Å². The first-order valence-corrected chi connectivity index (χ1v) is 12.4. The van der Waals surface area contributed by atoms with Crippen LogP contribution in [-0.4, -0.2) is 50.5 Å². The fraction of sp³-hybridized carbons (Fsp3) is 0.643. The van der Waals surface area contributed by atoms with Crippen molar-refractivity contribution < 1.29 is 29.6 Å². The number of fused-ring (bicyclic) bond motifs is 5. The molecular formula is C28H38O6. The summed E-state index contributed by atoms with van der Waals surface area (Å²) in [4.78, 5) is 25.7. The first-order chi connectivity index (χ1) is 15.9. The van der Waals surface area contributed by atoms with Crippen molar-refractivity contribution >= 4 is 11.8 Å². The van der Waals surface area contributed by atoms with Crippen molar-refractivity contribution in [1.29, 1.82) is 0 Å².